The Morgan fingerprint density at radius 1 is 1.07 bits per heavy atom. The van der Waals surface area contributed by atoms with Crippen LogP contribution in [0.5, 0.6) is 0 Å². The number of benzene rings is 2. The monoisotopic (exact) mass is 404 g/mol. The fraction of sp³-hybridized carbons (Fsp3) is 0.105. The van der Waals surface area contributed by atoms with Crippen LogP contribution in [-0.2, 0) is 9.59 Å². The highest BCUT2D eigenvalue weighted by Crippen LogP contribution is 2.34. The van der Waals surface area contributed by atoms with Gasteiger partial charge in [-0.25, -0.2) is 22.2 Å². The first-order valence-electron chi connectivity index (χ1n) is 8.43. The molecule has 0 saturated carbocycles. The Balaban J connectivity index is 1.67. The number of aromatic nitrogens is 2. The molecule has 0 bridgehead atoms. The van der Waals surface area contributed by atoms with Crippen LogP contribution in [0, 0.1) is 23.3 Å². The number of rotatable bonds is 3. The van der Waals surface area contributed by atoms with E-state index in [1.807, 2.05) is 0 Å². The van der Waals surface area contributed by atoms with Gasteiger partial charge in [0.1, 0.15) is 17.7 Å². The zero-order chi connectivity index (χ0) is 20.7. The first-order valence-corrected chi connectivity index (χ1v) is 8.43. The molecule has 1 aromatic heterocycles. The molecule has 1 unspecified atom stereocenters. The lowest BCUT2D eigenvalue weighted by atomic mass is 10.1. The van der Waals surface area contributed by atoms with Gasteiger partial charge in [-0.3, -0.25) is 9.59 Å². The number of carbonyl (C=O) groups excluding carboxylic acids is 2. The molecular formula is C19H12F4N4O2. The maximum absolute atomic E-state index is 13.9. The second-order valence-corrected chi connectivity index (χ2v) is 6.34. The minimum absolute atomic E-state index is 0.207. The Labute approximate surface area is 161 Å². The average molecular weight is 404 g/mol. The third-order valence-corrected chi connectivity index (χ3v) is 4.48. The number of fused-ring (bicyclic) bond motifs is 1. The predicted molar refractivity (Wildman–Crippen MR) is 94.9 cm³/mol. The van der Waals surface area contributed by atoms with E-state index in [0.29, 0.717) is 17.2 Å². The number of amides is 2. The summed E-state index contributed by atoms with van der Waals surface area (Å²) in [5.41, 5.74) is 0.447. The van der Waals surface area contributed by atoms with Crippen molar-refractivity contribution in [1.82, 2.24) is 9.78 Å². The van der Waals surface area contributed by atoms with Crippen LogP contribution in [0.2, 0.25) is 0 Å². The lowest BCUT2D eigenvalue weighted by Gasteiger charge is -2.24. The number of nitrogens with one attached hydrogen (secondary N) is 2. The van der Waals surface area contributed by atoms with Gasteiger partial charge in [0.05, 0.1) is 18.3 Å². The molecule has 148 valence electrons. The topological polar surface area (TPSA) is 76.0 Å². The molecule has 0 spiro atoms. The Bertz CT molecular complexity index is 1130. The third-order valence-electron chi connectivity index (χ3n) is 4.48. The van der Waals surface area contributed by atoms with Crippen molar-refractivity contribution in [3.63, 3.8) is 0 Å². The number of anilines is 2. The Hall–Kier alpha value is -3.69. The second-order valence-electron chi connectivity index (χ2n) is 6.34. The van der Waals surface area contributed by atoms with Crippen molar-refractivity contribution in [1.29, 1.82) is 0 Å². The highest BCUT2D eigenvalue weighted by molar-refractivity contribution is 6.03. The standard InChI is InChI=1S/C19H12F4N4O2/c20-10-3-1-9(2-4-10)11-8-24-27-14(7-15(28)26-18(11)27)19(29)25-13-6-5-12(21)16(22)17(13)23/h1-6,8,14H,7H2,(H,25,29)(H,26,28). The van der Waals surface area contributed by atoms with E-state index in [1.165, 1.54) is 35.1 Å². The fourth-order valence-corrected chi connectivity index (χ4v) is 3.05. The summed E-state index contributed by atoms with van der Waals surface area (Å²) >= 11 is 0. The van der Waals surface area contributed by atoms with Crippen molar-refractivity contribution in [2.45, 2.75) is 12.5 Å². The molecule has 1 atom stereocenters. The van der Waals surface area contributed by atoms with Crippen LogP contribution in [0.15, 0.2) is 42.6 Å². The molecule has 0 radical (unpaired) electrons. The number of halogens is 4. The van der Waals surface area contributed by atoms with Gasteiger partial charge in [0.2, 0.25) is 11.8 Å². The van der Waals surface area contributed by atoms with E-state index in [-0.39, 0.29) is 12.2 Å². The van der Waals surface area contributed by atoms with Crippen molar-refractivity contribution in [2.24, 2.45) is 0 Å². The number of nitrogens with zero attached hydrogens (tertiary/aromatic N) is 2. The van der Waals surface area contributed by atoms with Crippen molar-refractivity contribution in [3.05, 3.63) is 65.9 Å². The van der Waals surface area contributed by atoms with E-state index in [1.54, 1.807) is 0 Å². The maximum atomic E-state index is 13.9. The van der Waals surface area contributed by atoms with Gasteiger partial charge in [0.15, 0.2) is 17.5 Å². The molecule has 1 aliphatic rings. The molecule has 0 saturated heterocycles. The van der Waals surface area contributed by atoms with Gasteiger partial charge in [-0.1, -0.05) is 12.1 Å². The predicted octanol–water partition coefficient (Wildman–Crippen LogP) is 3.63. The van der Waals surface area contributed by atoms with Crippen LogP contribution in [0.4, 0.5) is 29.1 Å². The molecule has 4 rings (SSSR count). The number of hydrogen-bond donors (Lipinski definition) is 2. The maximum Gasteiger partial charge on any atom is 0.249 e. The lowest BCUT2D eigenvalue weighted by Crippen LogP contribution is -2.36. The van der Waals surface area contributed by atoms with Gasteiger partial charge in [-0.05, 0) is 29.8 Å². The molecule has 0 fully saturated rings. The summed E-state index contributed by atoms with van der Waals surface area (Å²) in [6.07, 6.45) is 1.10. The normalized spacial score (nSPS) is 15.6. The highest BCUT2D eigenvalue weighted by Gasteiger charge is 2.33. The number of hydrogen-bond acceptors (Lipinski definition) is 3. The lowest BCUT2D eigenvalue weighted by molar-refractivity contribution is -0.125. The molecule has 2 heterocycles. The number of carbonyl (C=O) groups is 2. The zero-order valence-corrected chi connectivity index (χ0v) is 14.5. The van der Waals surface area contributed by atoms with Crippen LogP contribution in [-0.4, -0.2) is 21.6 Å². The van der Waals surface area contributed by atoms with E-state index in [9.17, 15) is 27.2 Å². The van der Waals surface area contributed by atoms with E-state index in [4.69, 9.17) is 0 Å². The largest absolute Gasteiger partial charge is 0.322 e. The molecule has 10 heteroatoms. The van der Waals surface area contributed by atoms with Crippen molar-refractivity contribution >= 4 is 23.3 Å². The summed E-state index contributed by atoms with van der Waals surface area (Å²) < 4.78 is 54.7. The fourth-order valence-electron chi connectivity index (χ4n) is 3.05. The van der Waals surface area contributed by atoms with Crippen molar-refractivity contribution < 1.29 is 27.2 Å². The quantitative estimate of drug-likeness (QED) is 0.517. The SMILES string of the molecule is O=C1CC(C(=O)Nc2ccc(F)c(F)c2F)n2ncc(-c3ccc(F)cc3)c2N1. The van der Waals surface area contributed by atoms with Crippen LogP contribution >= 0.6 is 0 Å². The summed E-state index contributed by atoms with van der Waals surface area (Å²) in [6.45, 7) is 0. The Morgan fingerprint density at radius 3 is 2.52 bits per heavy atom. The molecular weight excluding hydrogens is 392 g/mol. The molecule has 3 aromatic rings. The van der Waals surface area contributed by atoms with Crippen LogP contribution in [0.3, 0.4) is 0 Å². The average Bonchev–Trinajstić information content (AvgIpc) is 3.12. The van der Waals surface area contributed by atoms with Gasteiger partial charge in [-0.15, -0.1) is 0 Å². The minimum Gasteiger partial charge on any atom is -0.322 e. The smallest absolute Gasteiger partial charge is 0.249 e. The van der Waals surface area contributed by atoms with E-state index < -0.39 is 46.8 Å². The Kier molecular flexibility index (Phi) is 4.53. The van der Waals surface area contributed by atoms with E-state index in [2.05, 4.69) is 15.7 Å². The molecule has 1 aliphatic heterocycles. The van der Waals surface area contributed by atoms with Crippen molar-refractivity contribution in [3.8, 4) is 11.1 Å². The summed E-state index contributed by atoms with van der Waals surface area (Å²) in [6, 6.07) is 5.84. The van der Waals surface area contributed by atoms with Gasteiger partial charge in [-0.2, -0.15) is 5.10 Å². The van der Waals surface area contributed by atoms with Gasteiger partial charge in [0, 0.05) is 5.56 Å². The molecule has 0 aliphatic carbocycles. The van der Waals surface area contributed by atoms with Crippen LogP contribution < -0.4 is 10.6 Å². The van der Waals surface area contributed by atoms with Crippen LogP contribution in [0.1, 0.15) is 12.5 Å². The van der Waals surface area contributed by atoms with Crippen LogP contribution in [0.25, 0.3) is 11.1 Å². The van der Waals surface area contributed by atoms with E-state index >= 15 is 0 Å². The molecule has 29 heavy (non-hydrogen) atoms. The minimum atomic E-state index is -1.72. The molecule has 6 nitrogen and oxygen atoms in total. The summed E-state index contributed by atoms with van der Waals surface area (Å²) in [5, 5.41) is 8.87. The third kappa shape index (κ3) is 3.33. The van der Waals surface area contributed by atoms with Gasteiger partial charge < -0.3 is 10.6 Å². The second kappa shape index (κ2) is 7.04. The first-order chi connectivity index (χ1) is 13.8. The highest BCUT2D eigenvalue weighted by atomic mass is 19.2. The van der Waals surface area contributed by atoms with Gasteiger partial charge >= 0.3 is 0 Å². The summed E-state index contributed by atoms with van der Waals surface area (Å²) in [4.78, 5) is 24.7. The zero-order valence-electron chi connectivity index (χ0n) is 14.5. The summed E-state index contributed by atoms with van der Waals surface area (Å²) in [5.74, 6) is -6.22. The van der Waals surface area contributed by atoms with E-state index in [0.717, 1.165) is 6.07 Å². The Morgan fingerprint density at radius 2 is 1.79 bits per heavy atom. The molecule has 2 aromatic carbocycles. The van der Waals surface area contributed by atoms with Crippen molar-refractivity contribution in [2.75, 3.05) is 10.6 Å². The van der Waals surface area contributed by atoms with Gasteiger partial charge in [0.25, 0.3) is 0 Å². The first kappa shape index (κ1) is 18.7. The molecule has 2 amide bonds. The molecule has 2 N–H and O–H groups in total. The summed E-state index contributed by atoms with van der Waals surface area (Å²) in [7, 11) is 0.